The third kappa shape index (κ3) is 5.03. The van der Waals surface area contributed by atoms with Gasteiger partial charge in [0, 0.05) is 12.6 Å². The van der Waals surface area contributed by atoms with E-state index < -0.39 is 24.1 Å². The summed E-state index contributed by atoms with van der Waals surface area (Å²) >= 11 is 0.855. The van der Waals surface area contributed by atoms with E-state index in [0.29, 0.717) is 11.3 Å². The second-order valence-electron chi connectivity index (χ2n) is 6.56. The topological polar surface area (TPSA) is 103 Å². The number of aromatic nitrogens is 3. The van der Waals surface area contributed by atoms with E-state index in [1.165, 1.54) is 12.4 Å². The van der Waals surface area contributed by atoms with Crippen molar-refractivity contribution in [1.82, 2.24) is 15.0 Å². The van der Waals surface area contributed by atoms with Crippen LogP contribution in [0.3, 0.4) is 0 Å². The van der Waals surface area contributed by atoms with Gasteiger partial charge >= 0.3 is 0 Å². The third-order valence-electron chi connectivity index (χ3n) is 4.37. The molecule has 0 aliphatic carbocycles. The molecule has 0 amide bonds. The average molecular weight is 425 g/mol. The number of thioether (sulfide) groups is 1. The van der Waals surface area contributed by atoms with E-state index in [2.05, 4.69) is 24.7 Å². The van der Waals surface area contributed by atoms with Gasteiger partial charge in [-0.3, -0.25) is 9.78 Å². The highest BCUT2D eigenvalue weighted by Gasteiger charge is 2.39. The fourth-order valence-corrected chi connectivity index (χ4v) is 4.03. The number of ketones is 1. The van der Waals surface area contributed by atoms with Gasteiger partial charge in [0.05, 0.1) is 23.3 Å². The Hall–Kier alpha value is -2.69. The molecule has 2 atom stereocenters. The highest BCUT2D eigenvalue weighted by molar-refractivity contribution is 8.14. The minimum atomic E-state index is -2.54. The maximum Gasteiger partial charge on any atom is 0.250 e. The van der Waals surface area contributed by atoms with Gasteiger partial charge < -0.3 is 10.5 Å². The minimum absolute atomic E-state index is 0.00415. The largest absolute Gasteiger partial charge is 0.445 e. The van der Waals surface area contributed by atoms with Crippen LogP contribution in [0.4, 0.5) is 13.2 Å². The lowest BCUT2D eigenvalue weighted by atomic mass is 9.90. The number of ether oxygens (including phenoxy) is 1. The predicted octanol–water partition coefficient (Wildman–Crippen LogP) is 2.90. The van der Waals surface area contributed by atoms with E-state index in [1.54, 1.807) is 19.1 Å². The molecule has 0 bridgehead atoms. The van der Waals surface area contributed by atoms with Crippen molar-refractivity contribution in [2.45, 2.75) is 37.0 Å². The molecule has 0 unspecified atom stereocenters. The van der Waals surface area contributed by atoms with Crippen LogP contribution in [0.2, 0.25) is 0 Å². The van der Waals surface area contributed by atoms with Crippen molar-refractivity contribution in [3.8, 4) is 5.88 Å². The molecule has 2 N–H and O–H groups in total. The van der Waals surface area contributed by atoms with Crippen LogP contribution in [0.25, 0.3) is 0 Å². The number of hydrogen-bond donors (Lipinski definition) is 1. The SMILES string of the molecule is C[C@@]1(c2cc(CC(=O)c3cnc(OCF)cn3)ccn2)C[C@@H](C(F)F)SC(N)=N1. The second-order valence-corrected chi connectivity index (χ2v) is 7.82. The van der Waals surface area contributed by atoms with Crippen LogP contribution < -0.4 is 10.5 Å². The summed E-state index contributed by atoms with van der Waals surface area (Å²) in [4.78, 5) is 28.8. The number of pyridine rings is 1. The van der Waals surface area contributed by atoms with Crippen LogP contribution >= 0.6 is 11.8 Å². The van der Waals surface area contributed by atoms with Gasteiger partial charge in [-0.2, -0.15) is 0 Å². The molecule has 2 aromatic heterocycles. The van der Waals surface area contributed by atoms with Crippen LogP contribution in [0.1, 0.15) is 35.1 Å². The summed E-state index contributed by atoms with van der Waals surface area (Å²) < 4.78 is 43.1. The van der Waals surface area contributed by atoms with Crippen molar-refractivity contribution in [1.29, 1.82) is 0 Å². The lowest BCUT2D eigenvalue weighted by Gasteiger charge is -2.33. The lowest BCUT2D eigenvalue weighted by molar-refractivity contribution is 0.0987. The number of alkyl halides is 3. The summed E-state index contributed by atoms with van der Waals surface area (Å²) in [5.74, 6) is -0.346. The van der Waals surface area contributed by atoms with Gasteiger partial charge in [-0.1, -0.05) is 11.8 Å². The molecule has 0 saturated carbocycles. The van der Waals surface area contributed by atoms with Gasteiger partial charge in [-0.25, -0.2) is 28.1 Å². The zero-order valence-corrected chi connectivity index (χ0v) is 16.2. The summed E-state index contributed by atoms with van der Waals surface area (Å²) in [6, 6.07) is 3.30. The molecule has 29 heavy (non-hydrogen) atoms. The molecule has 7 nitrogen and oxygen atoms in total. The van der Waals surface area contributed by atoms with E-state index in [0.717, 1.165) is 18.0 Å². The quantitative estimate of drug-likeness (QED) is 0.680. The number of halogens is 3. The fraction of sp³-hybridized carbons (Fsp3) is 0.389. The number of nitrogens with zero attached hydrogens (tertiary/aromatic N) is 4. The molecule has 11 heteroatoms. The van der Waals surface area contributed by atoms with Crippen molar-refractivity contribution in [3.63, 3.8) is 0 Å². The first-order chi connectivity index (χ1) is 13.8. The molecule has 1 aliphatic heterocycles. The first-order valence-electron chi connectivity index (χ1n) is 8.60. The second kappa shape index (κ2) is 8.76. The monoisotopic (exact) mass is 425 g/mol. The van der Waals surface area contributed by atoms with Crippen molar-refractivity contribution >= 4 is 22.7 Å². The number of nitrogens with two attached hydrogens (primary N) is 1. The average Bonchev–Trinajstić information content (AvgIpc) is 2.68. The Morgan fingerprint density at radius 1 is 1.38 bits per heavy atom. The van der Waals surface area contributed by atoms with Crippen molar-refractivity contribution in [3.05, 3.63) is 47.7 Å². The molecule has 3 rings (SSSR count). The van der Waals surface area contributed by atoms with Crippen LogP contribution in [0.5, 0.6) is 5.88 Å². The zero-order valence-electron chi connectivity index (χ0n) is 15.4. The number of rotatable bonds is 7. The van der Waals surface area contributed by atoms with Gasteiger partial charge in [-0.05, 0) is 31.0 Å². The molecule has 0 radical (unpaired) electrons. The van der Waals surface area contributed by atoms with Crippen molar-refractivity contribution in [2.75, 3.05) is 6.86 Å². The van der Waals surface area contributed by atoms with Gasteiger partial charge in [-0.15, -0.1) is 0 Å². The zero-order chi connectivity index (χ0) is 21.0. The van der Waals surface area contributed by atoms with E-state index in [9.17, 15) is 18.0 Å². The molecule has 3 heterocycles. The molecule has 0 spiro atoms. The smallest absolute Gasteiger partial charge is 0.250 e. The van der Waals surface area contributed by atoms with Gasteiger partial charge in [0.2, 0.25) is 12.7 Å². The summed E-state index contributed by atoms with van der Waals surface area (Å²) in [7, 11) is 0. The minimum Gasteiger partial charge on any atom is -0.445 e. The molecule has 0 saturated heterocycles. The number of aliphatic imine (C=N–C) groups is 1. The summed E-state index contributed by atoms with van der Waals surface area (Å²) in [5.41, 5.74) is 5.90. The maximum atomic E-state index is 13.2. The lowest BCUT2D eigenvalue weighted by Crippen LogP contribution is -2.37. The van der Waals surface area contributed by atoms with Gasteiger partial charge in [0.25, 0.3) is 6.43 Å². The van der Waals surface area contributed by atoms with Crippen LogP contribution in [-0.4, -0.2) is 44.4 Å². The van der Waals surface area contributed by atoms with E-state index in [1.807, 2.05) is 0 Å². The first-order valence-corrected chi connectivity index (χ1v) is 9.48. The highest BCUT2D eigenvalue weighted by Crippen LogP contribution is 2.40. The number of carbonyl (C=O) groups excluding carboxylic acids is 1. The van der Waals surface area contributed by atoms with Crippen molar-refractivity contribution in [2.24, 2.45) is 10.7 Å². The van der Waals surface area contributed by atoms with Gasteiger partial charge in [0.1, 0.15) is 11.2 Å². The Labute approximate surface area is 169 Å². The third-order valence-corrected chi connectivity index (χ3v) is 5.37. The molecule has 1 aliphatic rings. The number of amidine groups is 1. The van der Waals surface area contributed by atoms with E-state index in [4.69, 9.17) is 5.73 Å². The highest BCUT2D eigenvalue weighted by atomic mass is 32.2. The molecule has 0 fully saturated rings. The number of hydrogen-bond acceptors (Lipinski definition) is 8. The van der Waals surface area contributed by atoms with Crippen LogP contribution in [0, 0.1) is 0 Å². The van der Waals surface area contributed by atoms with Crippen molar-refractivity contribution < 1.29 is 22.7 Å². The fourth-order valence-electron chi connectivity index (χ4n) is 2.95. The standard InChI is InChI=1S/C18H18F3N5O2S/c1-18(6-13(16(20)21)29-17(22)26-18)14-5-10(2-3-23-14)4-12(27)11-7-25-15(8-24-11)28-9-19/h2-3,5,7-8,13,16H,4,6,9H2,1H3,(H2,22,26)/t13-,18-/m0/s1. The predicted molar refractivity (Wildman–Crippen MR) is 102 cm³/mol. The number of Topliss-reactive ketones (excluding diaryl/α,β-unsaturated/α-hetero) is 1. The Bertz CT molecular complexity index is 913. The molecule has 0 aromatic carbocycles. The summed E-state index contributed by atoms with van der Waals surface area (Å²) in [6.45, 7) is 0.649. The molecule has 154 valence electrons. The van der Waals surface area contributed by atoms with E-state index >= 15 is 0 Å². The first kappa shape index (κ1) is 21.0. The van der Waals surface area contributed by atoms with Crippen LogP contribution in [0.15, 0.2) is 35.7 Å². The summed E-state index contributed by atoms with van der Waals surface area (Å²) in [6.07, 6.45) is 1.39. The molecular weight excluding hydrogens is 407 g/mol. The maximum absolute atomic E-state index is 13.2. The summed E-state index contributed by atoms with van der Waals surface area (Å²) in [5, 5.41) is -0.900. The number of carbonyl (C=O) groups is 1. The Kier molecular flexibility index (Phi) is 6.36. The molecule has 2 aromatic rings. The van der Waals surface area contributed by atoms with E-state index in [-0.39, 0.29) is 35.4 Å². The Morgan fingerprint density at radius 3 is 2.83 bits per heavy atom. The normalized spacial score (nSPS) is 21.7. The Morgan fingerprint density at radius 2 is 2.17 bits per heavy atom. The van der Waals surface area contributed by atoms with Gasteiger partial charge in [0.15, 0.2) is 11.0 Å². The van der Waals surface area contributed by atoms with Crippen LogP contribution in [-0.2, 0) is 12.0 Å². The Balaban J connectivity index is 1.78. The molecular formula is C18H18F3N5O2S.